The first kappa shape index (κ1) is 20.4. The number of anilines is 1. The smallest absolute Gasteiger partial charge is 0.265 e. The topological polar surface area (TPSA) is 82.5 Å². The molecule has 4 aromatic rings. The van der Waals surface area contributed by atoms with Crippen molar-refractivity contribution in [2.45, 2.75) is 0 Å². The summed E-state index contributed by atoms with van der Waals surface area (Å²) in [7, 11) is 3.10. The minimum atomic E-state index is -0.306. The van der Waals surface area contributed by atoms with Crippen LogP contribution in [0.1, 0.15) is 10.4 Å². The van der Waals surface area contributed by atoms with Crippen molar-refractivity contribution >= 4 is 34.1 Å². The number of nitrogens with zero attached hydrogens (tertiary/aromatic N) is 2. The fraction of sp³-hybridized carbons (Fsp3) is 0.0870. The van der Waals surface area contributed by atoms with Crippen LogP contribution in [0.3, 0.4) is 0 Å². The number of amides is 1. The molecule has 0 radical (unpaired) electrons. The summed E-state index contributed by atoms with van der Waals surface area (Å²) in [6, 6.07) is 16.8. The lowest BCUT2D eigenvalue weighted by molar-refractivity contribution is 0.102. The van der Waals surface area contributed by atoms with Crippen LogP contribution in [0.15, 0.2) is 71.8 Å². The largest absolute Gasteiger partial charge is 0.497 e. The highest BCUT2D eigenvalue weighted by Crippen LogP contribution is 2.26. The molecule has 0 aliphatic rings. The quantitative estimate of drug-likeness (QED) is 0.505. The van der Waals surface area contributed by atoms with E-state index in [9.17, 15) is 9.59 Å². The van der Waals surface area contributed by atoms with Gasteiger partial charge in [-0.25, -0.2) is 4.98 Å². The van der Waals surface area contributed by atoms with Gasteiger partial charge in [-0.05, 0) is 60.7 Å². The highest BCUT2D eigenvalue weighted by Gasteiger charge is 2.12. The Labute approximate surface area is 182 Å². The van der Waals surface area contributed by atoms with Crippen molar-refractivity contribution in [1.82, 2.24) is 9.55 Å². The summed E-state index contributed by atoms with van der Waals surface area (Å²) in [4.78, 5) is 29.9. The summed E-state index contributed by atoms with van der Waals surface area (Å²) in [5.74, 6) is 0.905. The Bertz CT molecular complexity index is 1330. The average molecular weight is 436 g/mol. The van der Waals surface area contributed by atoms with Crippen molar-refractivity contribution < 1.29 is 14.3 Å². The van der Waals surface area contributed by atoms with E-state index in [1.807, 2.05) is 0 Å². The van der Waals surface area contributed by atoms with Gasteiger partial charge in [-0.15, -0.1) is 0 Å². The average Bonchev–Trinajstić information content (AvgIpc) is 2.79. The van der Waals surface area contributed by atoms with Gasteiger partial charge in [0.15, 0.2) is 0 Å². The molecular formula is C23H18ClN3O4. The van der Waals surface area contributed by atoms with Crippen LogP contribution in [0, 0.1) is 0 Å². The van der Waals surface area contributed by atoms with Crippen molar-refractivity contribution in [2.75, 3.05) is 19.5 Å². The number of aromatic nitrogens is 2. The van der Waals surface area contributed by atoms with Crippen LogP contribution < -0.4 is 20.3 Å². The predicted molar refractivity (Wildman–Crippen MR) is 120 cm³/mol. The van der Waals surface area contributed by atoms with Gasteiger partial charge in [0.2, 0.25) is 0 Å². The van der Waals surface area contributed by atoms with E-state index in [2.05, 4.69) is 10.3 Å². The molecule has 8 heteroatoms. The fourth-order valence-electron chi connectivity index (χ4n) is 3.13. The van der Waals surface area contributed by atoms with Crippen LogP contribution >= 0.6 is 11.6 Å². The molecule has 0 atom stereocenters. The number of carbonyl (C=O) groups is 1. The van der Waals surface area contributed by atoms with Gasteiger partial charge in [-0.1, -0.05) is 11.6 Å². The normalized spacial score (nSPS) is 10.7. The van der Waals surface area contributed by atoms with Crippen molar-refractivity contribution in [3.05, 3.63) is 87.9 Å². The van der Waals surface area contributed by atoms with E-state index in [1.165, 1.54) is 18.0 Å². The zero-order valence-electron chi connectivity index (χ0n) is 16.8. The van der Waals surface area contributed by atoms with Crippen LogP contribution in [0.4, 0.5) is 5.69 Å². The molecule has 0 aliphatic carbocycles. The third-order valence-electron chi connectivity index (χ3n) is 4.78. The van der Waals surface area contributed by atoms with Crippen LogP contribution in [0.5, 0.6) is 11.5 Å². The van der Waals surface area contributed by atoms with Crippen molar-refractivity contribution in [1.29, 1.82) is 0 Å². The Hall–Kier alpha value is -3.84. The molecule has 0 saturated heterocycles. The molecular weight excluding hydrogens is 418 g/mol. The number of nitrogens with one attached hydrogen (secondary N) is 1. The molecule has 3 aromatic carbocycles. The van der Waals surface area contributed by atoms with E-state index < -0.39 is 0 Å². The molecule has 0 fully saturated rings. The summed E-state index contributed by atoms with van der Waals surface area (Å²) in [5, 5.41) is 3.58. The lowest BCUT2D eigenvalue weighted by Crippen LogP contribution is -2.19. The number of hydrogen-bond donors (Lipinski definition) is 1. The van der Waals surface area contributed by atoms with Gasteiger partial charge in [0.05, 0.1) is 35.8 Å². The summed E-state index contributed by atoms with van der Waals surface area (Å²) < 4.78 is 11.7. The summed E-state index contributed by atoms with van der Waals surface area (Å²) >= 11 is 6.18. The van der Waals surface area contributed by atoms with E-state index in [1.54, 1.807) is 67.8 Å². The molecule has 31 heavy (non-hydrogen) atoms. The van der Waals surface area contributed by atoms with Gasteiger partial charge in [0, 0.05) is 11.3 Å². The van der Waals surface area contributed by atoms with Gasteiger partial charge in [-0.3, -0.25) is 14.2 Å². The number of hydrogen-bond acceptors (Lipinski definition) is 5. The van der Waals surface area contributed by atoms with Gasteiger partial charge in [0.25, 0.3) is 11.5 Å². The Balaban J connectivity index is 1.64. The highest BCUT2D eigenvalue weighted by molar-refractivity contribution is 6.32. The molecule has 1 aromatic heterocycles. The molecule has 156 valence electrons. The Morgan fingerprint density at radius 1 is 1.00 bits per heavy atom. The molecule has 1 heterocycles. The van der Waals surface area contributed by atoms with Crippen LogP contribution in [0.2, 0.25) is 5.02 Å². The van der Waals surface area contributed by atoms with E-state index in [0.29, 0.717) is 44.4 Å². The van der Waals surface area contributed by atoms with Crippen molar-refractivity contribution in [3.63, 3.8) is 0 Å². The Morgan fingerprint density at radius 2 is 1.77 bits per heavy atom. The number of halogens is 1. The van der Waals surface area contributed by atoms with Gasteiger partial charge < -0.3 is 14.8 Å². The molecule has 0 saturated carbocycles. The first-order valence-electron chi connectivity index (χ1n) is 9.31. The lowest BCUT2D eigenvalue weighted by Gasteiger charge is -2.10. The molecule has 1 amide bonds. The number of fused-ring (bicyclic) bond motifs is 1. The maximum atomic E-state index is 13.0. The second kappa shape index (κ2) is 8.49. The Kier molecular flexibility index (Phi) is 5.60. The second-order valence-corrected chi connectivity index (χ2v) is 7.06. The molecule has 0 aliphatic heterocycles. The third-order valence-corrected chi connectivity index (χ3v) is 5.08. The number of ether oxygens (including phenoxy) is 2. The second-order valence-electron chi connectivity index (χ2n) is 6.65. The van der Waals surface area contributed by atoms with E-state index >= 15 is 0 Å². The zero-order valence-corrected chi connectivity index (χ0v) is 17.5. The summed E-state index contributed by atoms with van der Waals surface area (Å²) in [6.07, 6.45) is 1.41. The molecule has 0 unspecified atom stereocenters. The van der Waals surface area contributed by atoms with Gasteiger partial charge >= 0.3 is 0 Å². The minimum Gasteiger partial charge on any atom is -0.497 e. The highest BCUT2D eigenvalue weighted by atomic mass is 35.5. The van der Waals surface area contributed by atoms with Crippen molar-refractivity contribution in [3.8, 4) is 17.2 Å². The molecule has 7 nitrogen and oxygen atoms in total. The SMILES string of the molecule is COc1ccc(NC(=O)c2ccc3c(=O)n(-c4ccc(OC)c(Cl)c4)cnc3c2)cc1. The fourth-order valence-corrected chi connectivity index (χ4v) is 3.38. The number of methoxy groups -OCH3 is 2. The first-order chi connectivity index (χ1) is 15.0. The summed E-state index contributed by atoms with van der Waals surface area (Å²) in [5.41, 5.74) is 1.73. The van der Waals surface area contributed by atoms with Gasteiger partial charge in [-0.2, -0.15) is 0 Å². The predicted octanol–water partition coefficient (Wildman–Crippen LogP) is 4.31. The molecule has 1 N–H and O–H groups in total. The van der Waals surface area contributed by atoms with E-state index in [4.69, 9.17) is 21.1 Å². The van der Waals surface area contributed by atoms with E-state index in [0.717, 1.165) is 0 Å². The third kappa shape index (κ3) is 4.08. The van der Waals surface area contributed by atoms with Gasteiger partial charge in [0.1, 0.15) is 17.8 Å². The maximum Gasteiger partial charge on any atom is 0.265 e. The van der Waals surface area contributed by atoms with Crippen LogP contribution in [0.25, 0.3) is 16.6 Å². The van der Waals surface area contributed by atoms with Crippen LogP contribution in [-0.2, 0) is 0 Å². The van der Waals surface area contributed by atoms with Crippen molar-refractivity contribution in [2.24, 2.45) is 0 Å². The number of benzene rings is 3. The Morgan fingerprint density at radius 3 is 2.45 bits per heavy atom. The molecule has 0 spiro atoms. The maximum absolute atomic E-state index is 13.0. The van der Waals surface area contributed by atoms with Crippen LogP contribution in [-0.4, -0.2) is 29.7 Å². The molecule has 0 bridgehead atoms. The number of rotatable bonds is 5. The monoisotopic (exact) mass is 435 g/mol. The first-order valence-corrected chi connectivity index (χ1v) is 9.68. The minimum absolute atomic E-state index is 0.270. The zero-order chi connectivity index (χ0) is 22.0. The molecule has 4 rings (SSSR count). The number of carbonyl (C=O) groups excluding carboxylic acids is 1. The standard InChI is InChI=1S/C23H18ClN3O4/c1-30-17-7-4-15(5-8-17)26-22(28)14-3-9-18-20(11-14)25-13-27(23(18)29)16-6-10-21(31-2)19(24)12-16/h3-13H,1-2H3,(H,26,28). The summed E-state index contributed by atoms with van der Waals surface area (Å²) in [6.45, 7) is 0. The van der Waals surface area contributed by atoms with E-state index in [-0.39, 0.29) is 11.5 Å². The lowest BCUT2D eigenvalue weighted by atomic mass is 10.1.